The SMILES string of the molecule is C=CC(=O)N[C@H]1CCC[C@H]1NC(=O)c1sc2c(N)ccc3c2c1C(N)C(=O)C3(N)c1ccc(OC(C)C)cc1. The van der Waals surface area contributed by atoms with Crippen molar-refractivity contribution in [3.63, 3.8) is 0 Å². The van der Waals surface area contributed by atoms with Gasteiger partial charge in [-0.05, 0) is 68.5 Å². The Morgan fingerprint density at radius 2 is 1.79 bits per heavy atom. The average Bonchev–Trinajstić information content (AvgIpc) is 3.52. The van der Waals surface area contributed by atoms with Crippen molar-refractivity contribution in [2.45, 2.75) is 62.9 Å². The van der Waals surface area contributed by atoms with Crippen LogP contribution in [0.15, 0.2) is 49.1 Å². The molecule has 2 aliphatic carbocycles. The molecular formula is C29H33N5O4S. The molecule has 2 amide bonds. The minimum absolute atomic E-state index is 0.000144. The normalized spacial score (nSPS) is 24.1. The summed E-state index contributed by atoms with van der Waals surface area (Å²) in [4.78, 5) is 39.7. The summed E-state index contributed by atoms with van der Waals surface area (Å²) in [5, 5.41) is 6.58. The van der Waals surface area contributed by atoms with Crippen molar-refractivity contribution < 1.29 is 19.1 Å². The average molecular weight is 548 g/mol. The van der Waals surface area contributed by atoms with E-state index in [9.17, 15) is 14.4 Å². The van der Waals surface area contributed by atoms with Crippen molar-refractivity contribution in [2.75, 3.05) is 5.73 Å². The minimum atomic E-state index is -1.53. The van der Waals surface area contributed by atoms with Crippen LogP contribution in [0.5, 0.6) is 5.75 Å². The molecule has 4 atom stereocenters. The number of nitrogen functional groups attached to an aromatic ring is 1. The maximum atomic E-state index is 13.9. The number of nitrogens with one attached hydrogen (secondary N) is 2. The van der Waals surface area contributed by atoms with E-state index in [-0.39, 0.29) is 30.0 Å². The van der Waals surface area contributed by atoms with Gasteiger partial charge in [0, 0.05) is 28.7 Å². The van der Waals surface area contributed by atoms with E-state index in [0.717, 1.165) is 19.3 Å². The summed E-state index contributed by atoms with van der Waals surface area (Å²) in [6.45, 7) is 7.37. The number of hydrogen-bond donors (Lipinski definition) is 5. The van der Waals surface area contributed by atoms with Crippen molar-refractivity contribution >= 4 is 44.7 Å². The number of ketones is 1. The van der Waals surface area contributed by atoms with Crippen LogP contribution in [-0.4, -0.2) is 35.8 Å². The minimum Gasteiger partial charge on any atom is -0.491 e. The third-order valence-electron chi connectivity index (χ3n) is 7.55. The van der Waals surface area contributed by atoms with Gasteiger partial charge < -0.3 is 32.6 Å². The Balaban J connectivity index is 1.56. The fraction of sp³-hybridized carbons (Fsp3) is 0.345. The molecule has 8 N–H and O–H groups in total. The Hall–Kier alpha value is -3.73. The molecule has 1 heterocycles. The zero-order chi connectivity index (χ0) is 28.1. The molecule has 9 nitrogen and oxygen atoms in total. The lowest BCUT2D eigenvalue weighted by Crippen LogP contribution is -2.52. The zero-order valence-corrected chi connectivity index (χ0v) is 22.8. The van der Waals surface area contributed by atoms with Crippen molar-refractivity contribution in [3.05, 3.63) is 70.6 Å². The molecule has 1 saturated carbocycles. The molecule has 0 spiro atoms. The lowest BCUT2D eigenvalue weighted by molar-refractivity contribution is -0.124. The lowest BCUT2D eigenvalue weighted by atomic mass is 9.70. The molecule has 204 valence electrons. The predicted molar refractivity (Wildman–Crippen MR) is 153 cm³/mol. The van der Waals surface area contributed by atoms with Crippen molar-refractivity contribution in [1.29, 1.82) is 0 Å². The van der Waals surface area contributed by atoms with Crippen LogP contribution in [0.2, 0.25) is 0 Å². The number of amides is 2. The molecule has 0 bridgehead atoms. The fourth-order valence-electron chi connectivity index (χ4n) is 5.70. The van der Waals surface area contributed by atoms with Crippen LogP contribution >= 0.6 is 11.3 Å². The number of hydrogen-bond acceptors (Lipinski definition) is 8. The third kappa shape index (κ3) is 4.48. The molecule has 3 aromatic rings. The second kappa shape index (κ2) is 10.1. The van der Waals surface area contributed by atoms with Gasteiger partial charge in [-0.15, -0.1) is 11.3 Å². The standard InChI is InChI=1S/C29H33N5O4S/c1-4-21(35)33-19-6-5-7-20(19)34-28(37)26-23-22-17(12-13-18(30)25(22)39-26)29(32,27(36)24(23)31)15-8-10-16(11-9-15)38-14(2)3/h4,8-14,19-20,24H,1,5-7,30-32H2,2-3H3,(H,33,35)(H,34,37)/t19-,20+,24?,29?/m0/s1. The molecule has 2 aromatic carbocycles. The molecular weight excluding hydrogens is 514 g/mol. The highest BCUT2D eigenvalue weighted by molar-refractivity contribution is 7.21. The number of anilines is 1. The van der Waals surface area contributed by atoms with Gasteiger partial charge in [-0.2, -0.15) is 0 Å². The number of ether oxygens (including phenoxy) is 1. The quantitative estimate of drug-likeness (QED) is 0.224. The number of carbonyl (C=O) groups excluding carboxylic acids is 3. The predicted octanol–water partition coefficient (Wildman–Crippen LogP) is 3.01. The molecule has 1 fully saturated rings. The van der Waals surface area contributed by atoms with Crippen LogP contribution in [0.25, 0.3) is 10.1 Å². The second-order valence-corrected chi connectivity index (χ2v) is 11.4. The fourth-order valence-corrected chi connectivity index (χ4v) is 6.90. The summed E-state index contributed by atoms with van der Waals surface area (Å²) < 4.78 is 6.41. The molecule has 0 aliphatic heterocycles. The van der Waals surface area contributed by atoms with Crippen molar-refractivity contribution in [3.8, 4) is 5.75 Å². The van der Waals surface area contributed by atoms with E-state index in [4.69, 9.17) is 21.9 Å². The van der Waals surface area contributed by atoms with Gasteiger partial charge in [-0.1, -0.05) is 24.8 Å². The Morgan fingerprint density at radius 1 is 1.13 bits per heavy atom. The molecule has 2 aliphatic rings. The second-order valence-electron chi connectivity index (χ2n) is 10.4. The summed E-state index contributed by atoms with van der Waals surface area (Å²) >= 11 is 1.20. The van der Waals surface area contributed by atoms with Gasteiger partial charge in [-0.25, -0.2) is 0 Å². The molecule has 1 aromatic heterocycles. The largest absolute Gasteiger partial charge is 0.491 e. The Kier molecular flexibility index (Phi) is 6.96. The van der Waals surface area contributed by atoms with Crippen LogP contribution in [0.4, 0.5) is 5.69 Å². The topological polar surface area (TPSA) is 163 Å². The first-order valence-electron chi connectivity index (χ1n) is 13.0. The molecule has 2 unspecified atom stereocenters. The van der Waals surface area contributed by atoms with Crippen LogP contribution in [0.1, 0.15) is 65.5 Å². The highest BCUT2D eigenvalue weighted by Crippen LogP contribution is 2.49. The van der Waals surface area contributed by atoms with Gasteiger partial charge in [0.1, 0.15) is 11.3 Å². The number of nitrogens with two attached hydrogens (primary N) is 3. The number of benzene rings is 2. The zero-order valence-electron chi connectivity index (χ0n) is 22.0. The first-order valence-corrected chi connectivity index (χ1v) is 13.8. The van der Waals surface area contributed by atoms with Gasteiger partial charge in [0.05, 0.1) is 21.7 Å². The van der Waals surface area contributed by atoms with Gasteiger partial charge in [0.25, 0.3) is 5.91 Å². The van der Waals surface area contributed by atoms with E-state index in [1.165, 1.54) is 17.4 Å². The monoisotopic (exact) mass is 547 g/mol. The van der Waals surface area contributed by atoms with Crippen molar-refractivity contribution in [1.82, 2.24) is 10.6 Å². The highest BCUT2D eigenvalue weighted by atomic mass is 32.1. The first kappa shape index (κ1) is 26.9. The summed E-state index contributed by atoms with van der Waals surface area (Å²) in [7, 11) is 0. The summed E-state index contributed by atoms with van der Waals surface area (Å²) in [6.07, 6.45) is 3.54. The smallest absolute Gasteiger partial charge is 0.262 e. The van der Waals surface area contributed by atoms with Crippen LogP contribution < -0.4 is 32.6 Å². The summed E-state index contributed by atoms with van der Waals surface area (Å²) in [5.74, 6) is -0.393. The Morgan fingerprint density at radius 3 is 2.44 bits per heavy atom. The van der Waals surface area contributed by atoms with Gasteiger partial charge >= 0.3 is 0 Å². The maximum Gasteiger partial charge on any atom is 0.262 e. The van der Waals surface area contributed by atoms with Gasteiger partial charge in [0.2, 0.25) is 5.91 Å². The number of thiophene rings is 1. The number of Topliss-reactive ketones (excluding diaryl/α,β-unsaturated/α-hetero) is 1. The van der Waals surface area contributed by atoms with Gasteiger partial charge in [-0.3, -0.25) is 14.4 Å². The Bertz CT molecular complexity index is 1480. The number of carbonyl (C=O) groups is 3. The van der Waals surface area contributed by atoms with Crippen molar-refractivity contribution in [2.24, 2.45) is 11.5 Å². The lowest BCUT2D eigenvalue weighted by Gasteiger charge is -2.36. The third-order valence-corrected chi connectivity index (χ3v) is 8.80. The Labute approximate surface area is 230 Å². The number of rotatable bonds is 7. The highest BCUT2D eigenvalue weighted by Gasteiger charge is 2.49. The molecule has 10 heteroatoms. The van der Waals surface area contributed by atoms with E-state index >= 15 is 0 Å². The van der Waals surface area contributed by atoms with E-state index in [1.54, 1.807) is 36.4 Å². The van der Waals surface area contributed by atoms with E-state index < -0.39 is 17.4 Å². The summed E-state index contributed by atoms with van der Waals surface area (Å²) in [6, 6.07) is 8.96. The molecule has 5 rings (SSSR count). The van der Waals surface area contributed by atoms with E-state index in [0.29, 0.717) is 43.1 Å². The van der Waals surface area contributed by atoms with Crippen LogP contribution in [0, 0.1) is 0 Å². The van der Waals surface area contributed by atoms with E-state index in [2.05, 4.69) is 17.2 Å². The van der Waals surface area contributed by atoms with Gasteiger partial charge in [0.15, 0.2) is 5.78 Å². The molecule has 0 saturated heterocycles. The van der Waals surface area contributed by atoms with Crippen LogP contribution in [-0.2, 0) is 15.1 Å². The first-order chi connectivity index (χ1) is 18.6. The molecule has 39 heavy (non-hydrogen) atoms. The van der Waals surface area contributed by atoms with Crippen LogP contribution in [0.3, 0.4) is 0 Å². The summed E-state index contributed by atoms with van der Waals surface area (Å²) in [5.41, 5.74) is 20.4. The molecule has 0 radical (unpaired) electrons. The maximum absolute atomic E-state index is 13.9. The van der Waals surface area contributed by atoms with E-state index in [1.807, 2.05) is 13.8 Å².